The molecule has 0 aliphatic rings. The van der Waals surface area contributed by atoms with E-state index in [1.54, 1.807) is 0 Å². The smallest absolute Gasteiger partial charge is 0.0224 e. The SMILES string of the molecule is C/C(C=N)=C(/C)N(C)C. The van der Waals surface area contributed by atoms with E-state index in [-0.39, 0.29) is 0 Å². The summed E-state index contributed by atoms with van der Waals surface area (Å²) >= 11 is 0. The van der Waals surface area contributed by atoms with Crippen LogP contribution in [0.4, 0.5) is 0 Å². The van der Waals surface area contributed by atoms with E-state index in [1.807, 2.05) is 32.8 Å². The molecule has 0 aromatic rings. The third-order valence-electron chi connectivity index (χ3n) is 1.46. The lowest BCUT2D eigenvalue weighted by atomic mass is 10.2. The molecule has 2 heteroatoms. The van der Waals surface area contributed by atoms with Crippen LogP contribution in [-0.2, 0) is 0 Å². The standard InChI is InChI=1S/C7H14N2/c1-6(5-8)7(2)9(3)4/h5,8H,1-4H3/b7-6+,8-5?. The van der Waals surface area contributed by atoms with E-state index >= 15 is 0 Å². The highest BCUT2D eigenvalue weighted by atomic mass is 15.1. The van der Waals surface area contributed by atoms with Gasteiger partial charge in [0.15, 0.2) is 0 Å². The minimum Gasteiger partial charge on any atom is -0.381 e. The Morgan fingerprint density at radius 1 is 1.33 bits per heavy atom. The monoisotopic (exact) mass is 126 g/mol. The molecule has 0 spiro atoms. The predicted molar refractivity (Wildman–Crippen MR) is 40.8 cm³/mol. The minimum atomic E-state index is 1.01. The third-order valence-corrected chi connectivity index (χ3v) is 1.46. The lowest BCUT2D eigenvalue weighted by Crippen LogP contribution is -2.10. The summed E-state index contributed by atoms with van der Waals surface area (Å²) in [5.41, 5.74) is 2.16. The molecule has 0 unspecified atom stereocenters. The Labute approximate surface area is 56.7 Å². The molecule has 0 heterocycles. The minimum absolute atomic E-state index is 1.01. The van der Waals surface area contributed by atoms with Gasteiger partial charge in [-0.25, -0.2) is 0 Å². The van der Waals surface area contributed by atoms with Crippen LogP contribution in [0.25, 0.3) is 0 Å². The van der Waals surface area contributed by atoms with E-state index in [4.69, 9.17) is 5.41 Å². The second kappa shape index (κ2) is 3.28. The second-order valence-electron chi connectivity index (χ2n) is 2.31. The van der Waals surface area contributed by atoms with E-state index in [9.17, 15) is 0 Å². The highest BCUT2D eigenvalue weighted by Gasteiger charge is 1.93. The average Bonchev–Trinajstić information content (AvgIpc) is 1.84. The second-order valence-corrected chi connectivity index (χ2v) is 2.31. The van der Waals surface area contributed by atoms with Gasteiger partial charge in [-0.15, -0.1) is 0 Å². The van der Waals surface area contributed by atoms with Crippen molar-refractivity contribution in [2.75, 3.05) is 14.1 Å². The Balaban J connectivity index is 4.27. The Bertz CT molecular complexity index is 134. The maximum absolute atomic E-state index is 6.92. The van der Waals surface area contributed by atoms with E-state index in [0.717, 1.165) is 11.3 Å². The number of rotatable bonds is 2. The molecule has 0 aliphatic heterocycles. The molecular weight excluding hydrogens is 112 g/mol. The first-order valence-electron chi connectivity index (χ1n) is 2.95. The van der Waals surface area contributed by atoms with Crippen LogP contribution in [0.2, 0.25) is 0 Å². The van der Waals surface area contributed by atoms with Crippen LogP contribution in [0.15, 0.2) is 11.3 Å². The summed E-state index contributed by atoms with van der Waals surface area (Å²) in [6.07, 6.45) is 1.37. The van der Waals surface area contributed by atoms with Gasteiger partial charge in [-0.05, 0) is 19.4 Å². The molecule has 0 saturated heterocycles. The summed E-state index contributed by atoms with van der Waals surface area (Å²) in [6.45, 7) is 3.93. The average molecular weight is 126 g/mol. The zero-order valence-electron chi connectivity index (χ0n) is 6.52. The Morgan fingerprint density at radius 3 is 1.89 bits per heavy atom. The van der Waals surface area contributed by atoms with Crippen molar-refractivity contribution in [1.29, 1.82) is 5.41 Å². The summed E-state index contributed by atoms with van der Waals surface area (Å²) in [7, 11) is 3.95. The molecule has 0 fully saturated rings. The zero-order valence-corrected chi connectivity index (χ0v) is 6.52. The van der Waals surface area contributed by atoms with Gasteiger partial charge in [0.2, 0.25) is 0 Å². The van der Waals surface area contributed by atoms with Crippen LogP contribution in [0.5, 0.6) is 0 Å². The third kappa shape index (κ3) is 2.31. The van der Waals surface area contributed by atoms with Gasteiger partial charge in [-0.1, -0.05) is 0 Å². The summed E-state index contributed by atoms with van der Waals surface area (Å²) in [5.74, 6) is 0. The van der Waals surface area contributed by atoms with Gasteiger partial charge in [-0.2, -0.15) is 0 Å². The fourth-order valence-electron chi connectivity index (χ4n) is 0.457. The zero-order chi connectivity index (χ0) is 7.44. The molecule has 2 nitrogen and oxygen atoms in total. The summed E-state index contributed by atoms with van der Waals surface area (Å²) in [6, 6.07) is 0. The van der Waals surface area contributed by atoms with E-state index in [1.165, 1.54) is 6.21 Å². The van der Waals surface area contributed by atoms with Gasteiger partial charge < -0.3 is 10.3 Å². The number of hydrogen-bond acceptors (Lipinski definition) is 2. The van der Waals surface area contributed by atoms with Crippen LogP contribution in [0.1, 0.15) is 13.8 Å². The Hall–Kier alpha value is -0.790. The van der Waals surface area contributed by atoms with Gasteiger partial charge in [0.1, 0.15) is 0 Å². The molecule has 0 atom stereocenters. The van der Waals surface area contributed by atoms with Crippen molar-refractivity contribution in [1.82, 2.24) is 4.90 Å². The van der Waals surface area contributed by atoms with Crippen molar-refractivity contribution in [2.24, 2.45) is 0 Å². The first-order chi connectivity index (χ1) is 4.09. The summed E-state index contributed by atoms with van der Waals surface area (Å²) < 4.78 is 0. The quantitative estimate of drug-likeness (QED) is 0.558. The van der Waals surface area contributed by atoms with Gasteiger partial charge in [0.25, 0.3) is 0 Å². The molecule has 0 amide bonds. The van der Waals surface area contributed by atoms with Crippen molar-refractivity contribution in [3.63, 3.8) is 0 Å². The molecule has 0 bridgehead atoms. The lowest BCUT2D eigenvalue weighted by molar-refractivity contribution is 0.510. The first kappa shape index (κ1) is 8.21. The summed E-state index contributed by atoms with van der Waals surface area (Å²) in [5, 5.41) is 6.92. The highest BCUT2D eigenvalue weighted by molar-refractivity contribution is 5.75. The Morgan fingerprint density at radius 2 is 1.78 bits per heavy atom. The lowest BCUT2D eigenvalue weighted by Gasteiger charge is -2.13. The topological polar surface area (TPSA) is 27.1 Å². The molecule has 52 valence electrons. The maximum atomic E-state index is 6.92. The number of hydrogen-bond donors (Lipinski definition) is 1. The molecular formula is C7H14N2. The predicted octanol–water partition coefficient (Wildman–Crippen LogP) is 1.49. The fraction of sp³-hybridized carbons (Fsp3) is 0.571. The van der Waals surface area contributed by atoms with Gasteiger partial charge in [0.05, 0.1) is 0 Å². The van der Waals surface area contributed by atoms with Crippen LogP contribution >= 0.6 is 0 Å². The highest BCUT2D eigenvalue weighted by Crippen LogP contribution is 2.01. The van der Waals surface area contributed by atoms with Gasteiger partial charge in [-0.3, -0.25) is 0 Å². The normalized spacial score (nSPS) is 12.4. The van der Waals surface area contributed by atoms with Crippen LogP contribution in [0, 0.1) is 5.41 Å². The molecule has 9 heavy (non-hydrogen) atoms. The van der Waals surface area contributed by atoms with Crippen molar-refractivity contribution >= 4 is 6.21 Å². The molecule has 0 aromatic carbocycles. The van der Waals surface area contributed by atoms with Gasteiger partial charge in [0, 0.05) is 26.0 Å². The van der Waals surface area contributed by atoms with E-state index in [0.29, 0.717) is 0 Å². The molecule has 1 N–H and O–H groups in total. The van der Waals surface area contributed by atoms with Crippen LogP contribution in [0.3, 0.4) is 0 Å². The van der Waals surface area contributed by atoms with Crippen LogP contribution in [-0.4, -0.2) is 25.2 Å². The first-order valence-corrected chi connectivity index (χ1v) is 2.95. The number of nitrogens with one attached hydrogen (secondary N) is 1. The summed E-state index contributed by atoms with van der Waals surface area (Å²) in [4.78, 5) is 2.00. The number of allylic oxidation sites excluding steroid dienone is 2. The van der Waals surface area contributed by atoms with Crippen molar-refractivity contribution < 1.29 is 0 Å². The molecule has 0 rings (SSSR count). The van der Waals surface area contributed by atoms with Gasteiger partial charge >= 0.3 is 0 Å². The maximum Gasteiger partial charge on any atom is 0.0224 e. The molecule has 0 saturated carbocycles. The largest absolute Gasteiger partial charge is 0.381 e. The van der Waals surface area contributed by atoms with Crippen LogP contribution < -0.4 is 0 Å². The van der Waals surface area contributed by atoms with E-state index < -0.39 is 0 Å². The van der Waals surface area contributed by atoms with Crippen molar-refractivity contribution in [3.8, 4) is 0 Å². The molecule has 0 aliphatic carbocycles. The molecule has 0 radical (unpaired) electrons. The Kier molecular flexibility index (Phi) is 2.99. The van der Waals surface area contributed by atoms with Crippen molar-refractivity contribution in [3.05, 3.63) is 11.3 Å². The fourth-order valence-corrected chi connectivity index (χ4v) is 0.457. The van der Waals surface area contributed by atoms with E-state index in [2.05, 4.69) is 0 Å². The number of nitrogens with zero attached hydrogens (tertiary/aromatic N) is 1. The molecule has 0 aromatic heterocycles. The van der Waals surface area contributed by atoms with Crippen molar-refractivity contribution in [2.45, 2.75) is 13.8 Å².